The molecule has 1 amide bonds. The molecular formula is C29H32FN7O3S2. The highest BCUT2D eigenvalue weighted by atomic mass is 32.2. The Morgan fingerprint density at radius 1 is 1.17 bits per heavy atom. The van der Waals surface area contributed by atoms with Crippen LogP contribution < -0.4 is 10.6 Å². The third-order valence-electron chi connectivity index (χ3n) is 7.27. The number of halogens is 1. The lowest BCUT2D eigenvalue weighted by molar-refractivity contribution is 0.0430. The minimum absolute atomic E-state index is 0.267. The maximum absolute atomic E-state index is 15.6. The molecule has 0 aromatic carbocycles. The van der Waals surface area contributed by atoms with Gasteiger partial charge in [-0.15, -0.1) is 0 Å². The number of carbonyl (C=O) groups is 1. The van der Waals surface area contributed by atoms with E-state index in [9.17, 15) is 15.0 Å². The van der Waals surface area contributed by atoms with Gasteiger partial charge in [0.15, 0.2) is 16.6 Å². The standard InChI is InChI=1S/C29H32FN7O3S2/c1-19-4-9-32-23(13-19)36-28-34-15-24(42-28)41-22-5-10-33-26(25(22)30)27(40)35-18-29(20-3-2-8-31-14-20)6-11-37(12-7-29)16-21(39)17-38/h2-5,8-10,13-15,21,38-39H,6-7,11-12,16-18H2,1H3,(H,35,40)(H,32,34,36)/t21-/m0/s1. The first-order valence-corrected chi connectivity index (χ1v) is 15.2. The van der Waals surface area contributed by atoms with Gasteiger partial charge < -0.3 is 25.7 Å². The third-order valence-corrected chi connectivity index (χ3v) is 9.32. The van der Waals surface area contributed by atoms with Crippen molar-refractivity contribution in [2.75, 3.05) is 38.1 Å². The van der Waals surface area contributed by atoms with Crippen LogP contribution in [-0.4, -0.2) is 79.8 Å². The average Bonchev–Trinajstić information content (AvgIpc) is 3.44. The summed E-state index contributed by atoms with van der Waals surface area (Å²) in [5.41, 5.74) is 1.38. The number of aromatic nitrogens is 4. The number of rotatable bonds is 11. The highest BCUT2D eigenvalue weighted by Crippen LogP contribution is 2.37. The van der Waals surface area contributed by atoms with Gasteiger partial charge in [0.2, 0.25) is 0 Å². The number of nitrogens with zero attached hydrogens (tertiary/aromatic N) is 5. The minimum Gasteiger partial charge on any atom is -0.394 e. The van der Waals surface area contributed by atoms with Gasteiger partial charge in [-0.25, -0.2) is 19.3 Å². The first-order valence-electron chi connectivity index (χ1n) is 13.5. The van der Waals surface area contributed by atoms with E-state index in [1.807, 2.05) is 31.2 Å². The van der Waals surface area contributed by atoms with Crippen LogP contribution in [0.2, 0.25) is 0 Å². The number of aliphatic hydroxyl groups excluding tert-OH is 2. The molecule has 0 bridgehead atoms. The fourth-order valence-corrected chi connectivity index (χ4v) is 6.81. The summed E-state index contributed by atoms with van der Waals surface area (Å²) >= 11 is 2.53. The lowest BCUT2D eigenvalue weighted by Crippen LogP contribution is -2.50. The normalized spacial score (nSPS) is 15.7. The van der Waals surface area contributed by atoms with Gasteiger partial charge in [0.05, 0.1) is 28.0 Å². The van der Waals surface area contributed by atoms with Crippen molar-refractivity contribution in [3.05, 3.63) is 84.0 Å². The van der Waals surface area contributed by atoms with Crippen LogP contribution in [-0.2, 0) is 5.41 Å². The molecule has 42 heavy (non-hydrogen) atoms. The lowest BCUT2D eigenvalue weighted by Gasteiger charge is -2.42. The van der Waals surface area contributed by atoms with Crippen molar-refractivity contribution in [1.29, 1.82) is 0 Å². The number of carbonyl (C=O) groups excluding carboxylic acids is 1. The van der Waals surface area contributed by atoms with E-state index in [4.69, 9.17) is 0 Å². The lowest BCUT2D eigenvalue weighted by atomic mass is 9.73. The molecule has 1 fully saturated rings. The number of nitrogens with one attached hydrogen (secondary N) is 2. The molecule has 10 nitrogen and oxygen atoms in total. The molecule has 13 heteroatoms. The number of hydrogen-bond donors (Lipinski definition) is 4. The van der Waals surface area contributed by atoms with Gasteiger partial charge in [0, 0.05) is 43.3 Å². The third kappa shape index (κ3) is 7.28. The molecule has 1 aliphatic rings. The maximum Gasteiger partial charge on any atom is 0.273 e. The summed E-state index contributed by atoms with van der Waals surface area (Å²) in [6, 6.07) is 9.20. The zero-order valence-electron chi connectivity index (χ0n) is 23.0. The second kappa shape index (κ2) is 13.7. The maximum atomic E-state index is 15.6. The van der Waals surface area contributed by atoms with E-state index in [1.165, 1.54) is 29.3 Å². The van der Waals surface area contributed by atoms with Crippen molar-refractivity contribution in [2.45, 2.75) is 40.4 Å². The van der Waals surface area contributed by atoms with E-state index in [2.05, 4.69) is 35.5 Å². The Morgan fingerprint density at radius 3 is 2.71 bits per heavy atom. The Labute approximate surface area is 251 Å². The fourth-order valence-electron chi connectivity index (χ4n) is 4.95. The van der Waals surface area contributed by atoms with Crippen LogP contribution in [0.15, 0.2) is 70.4 Å². The molecule has 0 aliphatic carbocycles. The largest absolute Gasteiger partial charge is 0.394 e. The summed E-state index contributed by atoms with van der Waals surface area (Å²) in [5.74, 6) is -0.604. The second-order valence-electron chi connectivity index (χ2n) is 10.2. The van der Waals surface area contributed by atoms with Crippen LogP contribution in [0.3, 0.4) is 0 Å². The van der Waals surface area contributed by atoms with Crippen molar-refractivity contribution >= 4 is 40.0 Å². The minimum atomic E-state index is -0.798. The number of pyridine rings is 3. The summed E-state index contributed by atoms with van der Waals surface area (Å²) in [5, 5.41) is 25.8. The second-order valence-corrected chi connectivity index (χ2v) is 12.6. The summed E-state index contributed by atoms with van der Waals surface area (Å²) in [6.45, 7) is 3.69. The molecule has 0 saturated carbocycles. The molecule has 4 N–H and O–H groups in total. The van der Waals surface area contributed by atoms with Gasteiger partial charge >= 0.3 is 0 Å². The van der Waals surface area contributed by atoms with E-state index in [1.54, 1.807) is 30.9 Å². The molecule has 5 rings (SSSR count). The number of β-amino-alcohol motifs (C(OH)–C–C–N with tert-alkyl or cyclic N) is 1. The quantitative estimate of drug-likeness (QED) is 0.199. The Bertz CT molecular complexity index is 1500. The first kappa shape index (κ1) is 30.0. The number of anilines is 2. The topological polar surface area (TPSA) is 136 Å². The predicted molar refractivity (Wildman–Crippen MR) is 160 cm³/mol. The van der Waals surface area contributed by atoms with E-state index in [-0.39, 0.29) is 23.7 Å². The number of aryl methyl sites for hydroxylation is 1. The number of thiazole rings is 1. The number of piperidine rings is 1. The summed E-state index contributed by atoms with van der Waals surface area (Å²) in [4.78, 5) is 32.6. The van der Waals surface area contributed by atoms with Crippen molar-refractivity contribution < 1.29 is 19.4 Å². The number of hydrogen-bond acceptors (Lipinski definition) is 11. The van der Waals surface area contributed by atoms with Gasteiger partial charge in [0.1, 0.15) is 5.82 Å². The van der Waals surface area contributed by atoms with Crippen LogP contribution in [0.5, 0.6) is 0 Å². The van der Waals surface area contributed by atoms with Gasteiger partial charge in [-0.1, -0.05) is 29.2 Å². The SMILES string of the molecule is Cc1ccnc(Nc2ncc(Sc3ccnc(C(=O)NCC4(c5cccnc5)CCN(C[C@H](O)CO)CC4)c3F)s2)c1. The molecule has 0 unspecified atom stereocenters. The highest BCUT2D eigenvalue weighted by molar-refractivity contribution is 8.01. The Balaban J connectivity index is 1.26. The summed E-state index contributed by atoms with van der Waals surface area (Å²) in [6.07, 6.45) is 8.89. The van der Waals surface area contributed by atoms with Crippen molar-refractivity contribution in [1.82, 2.24) is 30.2 Å². The van der Waals surface area contributed by atoms with E-state index in [0.29, 0.717) is 43.4 Å². The molecule has 1 saturated heterocycles. The fraction of sp³-hybridized carbons (Fsp3) is 0.345. The number of amides is 1. The number of aliphatic hydroxyl groups is 2. The van der Waals surface area contributed by atoms with Gasteiger partial charge in [0.25, 0.3) is 5.91 Å². The Kier molecular flexibility index (Phi) is 9.75. The molecule has 5 heterocycles. The van der Waals surface area contributed by atoms with Crippen molar-refractivity contribution in [3.8, 4) is 0 Å². The summed E-state index contributed by atoms with van der Waals surface area (Å²) in [7, 11) is 0. The molecule has 0 spiro atoms. The van der Waals surface area contributed by atoms with Crippen LogP contribution in [0.25, 0.3) is 0 Å². The van der Waals surface area contributed by atoms with Crippen LogP contribution in [0.1, 0.15) is 34.5 Å². The van der Waals surface area contributed by atoms with Gasteiger partial charge in [-0.05, 0) is 68.2 Å². The molecule has 0 radical (unpaired) electrons. The van der Waals surface area contributed by atoms with E-state index in [0.717, 1.165) is 15.3 Å². The monoisotopic (exact) mass is 609 g/mol. The van der Waals surface area contributed by atoms with Gasteiger partial charge in [-0.2, -0.15) is 0 Å². The molecule has 4 aromatic heterocycles. The van der Waals surface area contributed by atoms with Crippen LogP contribution in [0.4, 0.5) is 15.3 Å². The molecular weight excluding hydrogens is 577 g/mol. The number of likely N-dealkylation sites (tertiary alicyclic amines) is 1. The first-order chi connectivity index (χ1) is 20.3. The zero-order valence-corrected chi connectivity index (χ0v) is 24.7. The van der Waals surface area contributed by atoms with Crippen molar-refractivity contribution in [3.63, 3.8) is 0 Å². The highest BCUT2D eigenvalue weighted by Gasteiger charge is 2.37. The van der Waals surface area contributed by atoms with E-state index >= 15 is 4.39 Å². The molecule has 220 valence electrons. The smallest absolute Gasteiger partial charge is 0.273 e. The van der Waals surface area contributed by atoms with Crippen molar-refractivity contribution in [2.24, 2.45) is 0 Å². The van der Waals surface area contributed by atoms with Gasteiger partial charge in [-0.3, -0.25) is 9.78 Å². The molecule has 1 aliphatic heterocycles. The predicted octanol–water partition coefficient (Wildman–Crippen LogP) is 3.79. The molecule has 1 atom stereocenters. The van der Waals surface area contributed by atoms with E-state index < -0.39 is 23.2 Å². The zero-order chi connectivity index (χ0) is 29.5. The molecule has 4 aromatic rings. The Morgan fingerprint density at radius 2 is 1.98 bits per heavy atom. The van der Waals surface area contributed by atoms with Crippen LogP contribution >= 0.6 is 23.1 Å². The Hall–Kier alpha value is -3.49. The summed E-state index contributed by atoms with van der Waals surface area (Å²) < 4.78 is 16.3. The average molecular weight is 610 g/mol. The van der Waals surface area contributed by atoms with Crippen LogP contribution in [0, 0.1) is 12.7 Å².